The van der Waals surface area contributed by atoms with E-state index in [0.29, 0.717) is 24.2 Å². The monoisotopic (exact) mass is 486 g/mol. The van der Waals surface area contributed by atoms with E-state index in [4.69, 9.17) is 0 Å². The summed E-state index contributed by atoms with van der Waals surface area (Å²) in [5.74, 6) is -3.46. The molecule has 9 heteroatoms. The van der Waals surface area contributed by atoms with Crippen LogP contribution in [0.1, 0.15) is 24.6 Å². The number of aromatic nitrogens is 3. The fourth-order valence-corrected chi connectivity index (χ4v) is 4.25. The number of nitrogens with zero attached hydrogens (tertiary/aromatic N) is 4. The van der Waals surface area contributed by atoms with Crippen LogP contribution in [0.5, 0.6) is 5.88 Å². The van der Waals surface area contributed by atoms with Crippen LogP contribution in [0.4, 0.5) is 14.5 Å². The SMILES string of the molecule is CCCc1nn(-c2ccc(F)cc2)c([O-])c1C1=C([n+]2ccccc2)C(=O)N(c2ccccc2F)C1=O. The topological polar surface area (TPSA) is 82.1 Å². The summed E-state index contributed by atoms with van der Waals surface area (Å²) in [5.41, 5.74) is 0.115. The number of pyridine rings is 1. The number of benzene rings is 2. The number of hydrogen-bond acceptors (Lipinski definition) is 4. The number of para-hydroxylation sites is 1. The van der Waals surface area contributed by atoms with Gasteiger partial charge < -0.3 is 5.11 Å². The van der Waals surface area contributed by atoms with Gasteiger partial charge >= 0.3 is 5.91 Å². The standard InChI is InChI=1S/C27H20F2N4O3/c1-2-8-20-22(26(35)33(30-20)18-13-11-17(28)12-14-18)23-24(31-15-6-3-7-16-31)27(36)32(25(23)34)21-10-5-4-9-19(21)29/h3-7,9-16H,2,8H2,1H3. The number of hydrogen-bond donors (Lipinski definition) is 0. The number of carbonyl (C=O) groups excluding carboxylic acids is 2. The first-order valence-corrected chi connectivity index (χ1v) is 11.3. The molecule has 180 valence electrons. The maximum absolute atomic E-state index is 14.7. The summed E-state index contributed by atoms with van der Waals surface area (Å²) in [5, 5.41) is 18.1. The van der Waals surface area contributed by atoms with Gasteiger partial charge in [-0.1, -0.05) is 31.5 Å². The van der Waals surface area contributed by atoms with Gasteiger partial charge in [-0.3, -0.25) is 9.59 Å². The van der Waals surface area contributed by atoms with Crippen molar-refractivity contribution < 1.29 is 28.0 Å². The molecule has 0 N–H and O–H groups in total. The molecule has 5 rings (SSSR count). The van der Waals surface area contributed by atoms with Crippen molar-refractivity contribution in [3.05, 3.63) is 102 Å². The molecule has 1 aliphatic heterocycles. The number of anilines is 1. The first kappa shape index (κ1) is 23.1. The lowest BCUT2D eigenvalue weighted by Gasteiger charge is -2.16. The second kappa shape index (κ2) is 9.18. The Hall–Kier alpha value is -4.66. The van der Waals surface area contributed by atoms with Gasteiger partial charge in [0.15, 0.2) is 12.4 Å². The van der Waals surface area contributed by atoms with Crippen LogP contribution in [-0.4, -0.2) is 21.6 Å². The van der Waals surface area contributed by atoms with E-state index in [-0.39, 0.29) is 22.5 Å². The third-order valence-electron chi connectivity index (χ3n) is 5.85. The first-order chi connectivity index (χ1) is 17.4. The summed E-state index contributed by atoms with van der Waals surface area (Å²) in [4.78, 5) is 28.2. The molecule has 0 saturated carbocycles. The van der Waals surface area contributed by atoms with Crippen molar-refractivity contribution in [3.8, 4) is 11.6 Å². The zero-order valence-electron chi connectivity index (χ0n) is 19.2. The summed E-state index contributed by atoms with van der Waals surface area (Å²) in [7, 11) is 0. The second-order valence-corrected chi connectivity index (χ2v) is 8.17. The van der Waals surface area contributed by atoms with E-state index in [1.807, 2.05) is 6.92 Å². The largest absolute Gasteiger partial charge is 0.858 e. The zero-order valence-corrected chi connectivity index (χ0v) is 19.2. The minimum atomic E-state index is -0.829. The number of carbonyl (C=O) groups is 2. The average Bonchev–Trinajstić information content (AvgIpc) is 3.33. The van der Waals surface area contributed by atoms with Gasteiger partial charge in [-0.05, 0) is 48.7 Å². The summed E-state index contributed by atoms with van der Waals surface area (Å²) >= 11 is 0. The molecule has 0 aliphatic carbocycles. The number of rotatable bonds is 6. The Bertz CT molecular complexity index is 1510. The zero-order chi connectivity index (χ0) is 25.4. The Balaban J connectivity index is 1.77. The highest BCUT2D eigenvalue weighted by Gasteiger charge is 2.48. The Morgan fingerprint density at radius 1 is 0.917 bits per heavy atom. The third-order valence-corrected chi connectivity index (χ3v) is 5.85. The molecule has 7 nitrogen and oxygen atoms in total. The summed E-state index contributed by atoms with van der Waals surface area (Å²) in [6, 6.07) is 15.7. The molecule has 3 heterocycles. The van der Waals surface area contributed by atoms with Gasteiger partial charge in [0.2, 0.25) is 0 Å². The normalized spacial score (nSPS) is 13.7. The molecule has 2 aromatic heterocycles. The van der Waals surface area contributed by atoms with Crippen LogP contribution in [0.3, 0.4) is 0 Å². The second-order valence-electron chi connectivity index (χ2n) is 8.17. The first-order valence-electron chi connectivity index (χ1n) is 11.3. The molecule has 0 atom stereocenters. The van der Waals surface area contributed by atoms with E-state index in [1.165, 1.54) is 47.0 Å². The van der Waals surface area contributed by atoms with Gasteiger partial charge in [-0.2, -0.15) is 9.67 Å². The molecular formula is C27H20F2N4O3. The molecule has 1 aliphatic rings. The molecule has 0 fully saturated rings. The van der Waals surface area contributed by atoms with Crippen LogP contribution < -0.4 is 14.6 Å². The van der Waals surface area contributed by atoms with E-state index < -0.39 is 29.3 Å². The predicted octanol–water partition coefficient (Wildman–Crippen LogP) is 3.41. The minimum absolute atomic E-state index is 0.0373. The van der Waals surface area contributed by atoms with Gasteiger partial charge in [0, 0.05) is 17.7 Å². The predicted molar refractivity (Wildman–Crippen MR) is 126 cm³/mol. The number of amides is 2. The van der Waals surface area contributed by atoms with E-state index >= 15 is 0 Å². The maximum Gasteiger partial charge on any atom is 0.331 e. The quantitative estimate of drug-likeness (QED) is 0.309. The van der Waals surface area contributed by atoms with Crippen LogP contribution >= 0.6 is 0 Å². The van der Waals surface area contributed by atoms with Crippen molar-refractivity contribution in [2.45, 2.75) is 19.8 Å². The third kappa shape index (κ3) is 3.74. The van der Waals surface area contributed by atoms with Gasteiger partial charge in [-0.15, -0.1) is 0 Å². The number of halogens is 2. The molecule has 2 aromatic carbocycles. The van der Waals surface area contributed by atoms with Crippen molar-refractivity contribution in [3.63, 3.8) is 0 Å². The van der Waals surface area contributed by atoms with E-state index in [9.17, 15) is 23.5 Å². The number of imide groups is 1. The van der Waals surface area contributed by atoms with Crippen LogP contribution in [-0.2, 0) is 16.0 Å². The summed E-state index contributed by atoms with van der Waals surface area (Å²) in [6.07, 6.45) is 4.09. The van der Waals surface area contributed by atoms with Crippen LogP contribution in [0, 0.1) is 11.6 Å². The maximum atomic E-state index is 14.7. The number of aryl methyl sites for hydroxylation is 1. The highest BCUT2D eigenvalue weighted by molar-refractivity contribution is 6.53. The van der Waals surface area contributed by atoms with Crippen molar-refractivity contribution >= 4 is 28.8 Å². The smallest absolute Gasteiger partial charge is 0.331 e. The molecule has 0 spiro atoms. The van der Waals surface area contributed by atoms with Crippen molar-refractivity contribution in [2.24, 2.45) is 0 Å². The van der Waals surface area contributed by atoms with Crippen LogP contribution in [0.2, 0.25) is 0 Å². The molecule has 0 unspecified atom stereocenters. The Morgan fingerprint density at radius 3 is 2.28 bits per heavy atom. The van der Waals surface area contributed by atoms with Gasteiger partial charge in [0.25, 0.3) is 11.6 Å². The highest BCUT2D eigenvalue weighted by Crippen LogP contribution is 2.39. The van der Waals surface area contributed by atoms with Crippen LogP contribution in [0.15, 0.2) is 79.1 Å². The Kier molecular flexibility index (Phi) is 5.89. The summed E-state index contributed by atoms with van der Waals surface area (Å²) < 4.78 is 30.7. The molecule has 4 aromatic rings. The van der Waals surface area contributed by atoms with Crippen LogP contribution in [0.25, 0.3) is 17.0 Å². The minimum Gasteiger partial charge on any atom is -0.858 e. The Morgan fingerprint density at radius 2 is 1.61 bits per heavy atom. The molecule has 0 bridgehead atoms. The fraction of sp³-hybridized carbons (Fsp3) is 0.111. The van der Waals surface area contributed by atoms with Crippen molar-refractivity contribution in [1.29, 1.82) is 0 Å². The van der Waals surface area contributed by atoms with Gasteiger partial charge in [0.1, 0.15) is 17.2 Å². The van der Waals surface area contributed by atoms with E-state index in [2.05, 4.69) is 5.10 Å². The highest BCUT2D eigenvalue weighted by atomic mass is 19.1. The molecule has 0 saturated heterocycles. The lowest BCUT2D eigenvalue weighted by molar-refractivity contribution is -0.576. The van der Waals surface area contributed by atoms with Gasteiger partial charge in [0.05, 0.1) is 17.1 Å². The van der Waals surface area contributed by atoms with Crippen molar-refractivity contribution in [2.75, 3.05) is 4.90 Å². The summed E-state index contributed by atoms with van der Waals surface area (Å²) in [6.45, 7) is 1.89. The van der Waals surface area contributed by atoms with E-state index in [0.717, 1.165) is 15.6 Å². The lowest BCUT2D eigenvalue weighted by atomic mass is 10.0. The molecule has 0 radical (unpaired) electrons. The van der Waals surface area contributed by atoms with Gasteiger partial charge in [-0.25, -0.2) is 18.4 Å². The lowest BCUT2D eigenvalue weighted by Crippen LogP contribution is -2.39. The fourth-order valence-electron chi connectivity index (χ4n) is 4.25. The Labute approximate surface area is 205 Å². The molecule has 36 heavy (non-hydrogen) atoms. The average molecular weight is 486 g/mol. The van der Waals surface area contributed by atoms with E-state index in [1.54, 1.807) is 30.6 Å². The molecular weight excluding hydrogens is 466 g/mol. The van der Waals surface area contributed by atoms with Crippen molar-refractivity contribution in [1.82, 2.24) is 9.78 Å². The molecule has 2 amide bonds.